The average Bonchev–Trinajstić information content (AvgIpc) is 3.02. The number of aromatic amines is 1. The first-order chi connectivity index (χ1) is 13.8. The topological polar surface area (TPSA) is 82.9 Å². The molecule has 0 unspecified atom stereocenters. The largest absolute Gasteiger partial charge is 0.483 e. The Morgan fingerprint density at radius 1 is 1.00 bits per heavy atom. The van der Waals surface area contributed by atoms with E-state index in [9.17, 15) is 9.59 Å². The van der Waals surface area contributed by atoms with Crippen LogP contribution >= 0.6 is 0 Å². The van der Waals surface area contributed by atoms with Gasteiger partial charge in [-0.2, -0.15) is 5.26 Å². The molecule has 5 nitrogen and oxygen atoms in total. The van der Waals surface area contributed by atoms with Gasteiger partial charge in [-0.25, -0.2) is 0 Å². The molecule has 3 aromatic rings. The highest BCUT2D eigenvalue weighted by molar-refractivity contribution is 6.04. The number of nitrogens with zero attached hydrogens (tertiary/aromatic N) is 1. The van der Waals surface area contributed by atoms with Crippen LogP contribution in [-0.2, 0) is 0 Å². The number of Topliss-reactive ketones (excluding diaryl/α,β-unsaturated/α-hetero) is 2. The average molecular weight is 386 g/mol. The van der Waals surface area contributed by atoms with Gasteiger partial charge < -0.3 is 9.72 Å². The monoisotopic (exact) mass is 386 g/mol. The van der Waals surface area contributed by atoms with Crippen LogP contribution in [0.5, 0.6) is 5.75 Å². The van der Waals surface area contributed by atoms with Gasteiger partial charge in [0.05, 0.1) is 17.3 Å². The van der Waals surface area contributed by atoms with Gasteiger partial charge in [-0.3, -0.25) is 9.59 Å². The number of nitriles is 1. The van der Waals surface area contributed by atoms with Gasteiger partial charge >= 0.3 is 0 Å². The molecule has 1 N–H and O–H groups in total. The molecule has 0 saturated heterocycles. The fourth-order valence-electron chi connectivity index (χ4n) is 3.45. The van der Waals surface area contributed by atoms with E-state index in [4.69, 9.17) is 10.00 Å². The molecule has 146 valence electrons. The highest BCUT2D eigenvalue weighted by Gasteiger charge is 2.24. The van der Waals surface area contributed by atoms with Crippen LogP contribution in [0.2, 0.25) is 0 Å². The van der Waals surface area contributed by atoms with Gasteiger partial charge in [-0.05, 0) is 68.7 Å². The van der Waals surface area contributed by atoms with E-state index in [2.05, 4.69) is 11.1 Å². The van der Waals surface area contributed by atoms with Crippen molar-refractivity contribution < 1.29 is 14.3 Å². The number of carbonyl (C=O) groups excluding carboxylic acids is 2. The lowest BCUT2D eigenvalue weighted by Gasteiger charge is -2.14. The standard InChI is InChI=1S/C24H22N2O3/c1-14-22(16(3)27)15(2)26-23(14)24(28)17(4)29-21-11-9-20(10-12-21)19-7-5-18(13-25)6-8-19/h5-12,17,26H,1-4H3/t17-/m1/s1. The van der Waals surface area contributed by atoms with Crippen LogP contribution in [0.3, 0.4) is 0 Å². The molecule has 29 heavy (non-hydrogen) atoms. The van der Waals surface area contributed by atoms with Crippen LogP contribution in [0.15, 0.2) is 48.5 Å². The van der Waals surface area contributed by atoms with Crippen molar-refractivity contribution in [2.75, 3.05) is 0 Å². The Morgan fingerprint density at radius 2 is 1.55 bits per heavy atom. The highest BCUT2D eigenvalue weighted by atomic mass is 16.5. The lowest BCUT2D eigenvalue weighted by atomic mass is 10.0. The van der Waals surface area contributed by atoms with E-state index in [1.165, 1.54) is 6.92 Å². The maximum absolute atomic E-state index is 12.8. The van der Waals surface area contributed by atoms with E-state index < -0.39 is 6.10 Å². The van der Waals surface area contributed by atoms with Gasteiger partial charge in [0.2, 0.25) is 5.78 Å². The van der Waals surface area contributed by atoms with Gasteiger partial charge in [-0.15, -0.1) is 0 Å². The van der Waals surface area contributed by atoms with Crippen molar-refractivity contribution in [3.63, 3.8) is 0 Å². The summed E-state index contributed by atoms with van der Waals surface area (Å²) in [6, 6.07) is 16.9. The Bertz CT molecular complexity index is 1100. The van der Waals surface area contributed by atoms with Crippen molar-refractivity contribution >= 4 is 11.6 Å². The molecule has 0 aliphatic rings. The van der Waals surface area contributed by atoms with Crippen LogP contribution < -0.4 is 4.74 Å². The van der Waals surface area contributed by atoms with Gasteiger partial charge in [0.25, 0.3) is 0 Å². The number of carbonyl (C=O) groups is 2. The molecule has 5 heteroatoms. The lowest BCUT2D eigenvalue weighted by Crippen LogP contribution is -2.25. The van der Waals surface area contributed by atoms with E-state index in [-0.39, 0.29) is 11.6 Å². The van der Waals surface area contributed by atoms with Crippen molar-refractivity contribution in [1.29, 1.82) is 5.26 Å². The molecule has 0 saturated carbocycles. The first-order valence-electron chi connectivity index (χ1n) is 9.33. The Hall–Kier alpha value is -3.65. The van der Waals surface area contributed by atoms with Crippen molar-refractivity contribution in [2.45, 2.75) is 33.8 Å². The summed E-state index contributed by atoms with van der Waals surface area (Å²) in [4.78, 5) is 27.6. The van der Waals surface area contributed by atoms with E-state index in [1.807, 2.05) is 36.4 Å². The minimum Gasteiger partial charge on any atom is -0.483 e. The smallest absolute Gasteiger partial charge is 0.219 e. The van der Waals surface area contributed by atoms with Crippen LogP contribution in [0.1, 0.15) is 51.5 Å². The molecule has 0 aliphatic heterocycles. The summed E-state index contributed by atoms with van der Waals surface area (Å²) in [6.45, 7) is 6.74. The van der Waals surface area contributed by atoms with Crippen LogP contribution in [0, 0.1) is 25.2 Å². The molecule has 1 heterocycles. The highest BCUT2D eigenvalue weighted by Crippen LogP contribution is 2.25. The van der Waals surface area contributed by atoms with Crippen molar-refractivity contribution in [3.8, 4) is 22.9 Å². The zero-order chi connectivity index (χ0) is 21.1. The minimum absolute atomic E-state index is 0.0673. The maximum atomic E-state index is 12.8. The number of hydrogen-bond acceptors (Lipinski definition) is 4. The van der Waals surface area contributed by atoms with Crippen molar-refractivity contribution in [1.82, 2.24) is 4.98 Å². The molecule has 2 aromatic carbocycles. The number of aromatic nitrogens is 1. The van der Waals surface area contributed by atoms with Crippen LogP contribution in [0.25, 0.3) is 11.1 Å². The first-order valence-corrected chi connectivity index (χ1v) is 9.33. The number of aryl methyl sites for hydroxylation is 1. The number of ketones is 2. The third-order valence-electron chi connectivity index (χ3n) is 4.92. The SMILES string of the molecule is CC(=O)c1c(C)[nH]c(C(=O)[C@@H](C)Oc2ccc(-c3ccc(C#N)cc3)cc2)c1C. The molecule has 0 amide bonds. The van der Waals surface area contributed by atoms with Crippen LogP contribution in [0.4, 0.5) is 0 Å². The predicted octanol–water partition coefficient (Wildman–Crippen LogP) is 5.02. The zero-order valence-electron chi connectivity index (χ0n) is 16.9. The minimum atomic E-state index is -0.702. The van der Waals surface area contributed by atoms with Gasteiger partial charge in [-0.1, -0.05) is 24.3 Å². The Morgan fingerprint density at radius 3 is 2.03 bits per heavy atom. The Kier molecular flexibility index (Phi) is 5.65. The second-order valence-corrected chi connectivity index (χ2v) is 7.02. The second kappa shape index (κ2) is 8.15. The summed E-state index contributed by atoms with van der Waals surface area (Å²) >= 11 is 0. The summed E-state index contributed by atoms with van der Waals surface area (Å²) < 4.78 is 5.82. The van der Waals surface area contributed by atoms with E-state index in [0.717, 1.165) is 11.1 Å². The van der Waals surface area contributed by atoms with E-state index in [1.54, 1.807) is 32.9 Å². The second-order valence-electron chi connectivity index (χ2n) is 7.02. The lowest BCUT2D eigenvalue weighted by molar-refractivity contribution is 0.0812. The van der Waals surface area contributed by atoms with Gasteiger partial charge in [0.1, 0.15) is 5.75 Å². The van der Waals surface area contributed by atoms with Crippen LogP contribution in [-0.4, -0.2) is 22.7 Å². The molecule has 0 fully saturated rings. The number of nitrogens with one attached hydrogen (secondary N) is 1. The summed E-state index contributed by atoms with van der Waals surface area (Å²) in [6.07, 6.45) is -0.702. The molecule has 0 radical (unpaired) electrons. The molecule has 3 rings (SSSR count). The fraction of sp³-hybridized carbons (Fsp3) is 0.208. The third-order valence-corrected chi connectivity index (χ3v) is 4.92. The molecular weight excluding hydrogens is 364 g/mol. The zero-order valence-corrected chi connectivity index (χ0v) is 16.9. The molecular formula is C24H22N2O3. The molecule has 1 atom stereocenters. The number of H-pyrrole nitrogens is 1. The van der Waals surface area contributed by atoms with E-state index in [0.29, 0.717) is 33.8 Å². The summed E-state index contributed by atoms with van der Waals surface area (Å²) in [5.74, 6) is 0.312. The first kappa shape index (κ1) is 20.1. The Labute approximate surface area is 170 Å². The number of hydrogen-bond donors (Lipinski definition) is 1. The molecule has 0 spiro atoms. The third kappa shape index (κ3) is 4.12. The van der Waals surface area contributed by atoms with Gasteiger partial charge in [0, 0.05) is 11.3 Å². The van der Waals surface area contributed by atoms with Gasteiger partial charge in [0.15, 0.2) is 11.9 Å². The Balaban J connectivity index is 1.74. The summed E-state index contributed by atoms with van der Waals surface area (Å²) in [5, 5.41) is 8.89. The fourth-order valence-corrected chi connectivity index (χ4v) is 3.45. The molecule has 0 bridgehead atoms. The predicted molar refractivity (Wildman–Crippen MR) is 111 cm³/mol. The number of benzene rings is 2. The quantitative estimate of drug-likeness (QED) is 0.603. The normalized spacial score (nSPS) is 11.6. The molecule has 0 aliphatic carbocycles. The summed E-state index contributed by atoms with van der Waals surface area (Å²) in [7, 11) is 0. The number of ether oxygens (including phenoxy) is 1. The molecule has 1 aromatic heterocycles. The summed E-state index contributed by atoms with van der Waals surface area (Å²) in [5.41, 5.74) is 4.92. The van der Waals surface area contributed by atoms with Crippen molar-refractivity contribution in [3.05, 3.63) is 76.6 Å². The van der Waals surface area contributed by atoms with E-state index >= 15 is 0 Å². The number of rotatable bonds is 6. The maximum Gasteiger partial charge on any atom is 0.219 e. The van der Waals surface area contributed by atoms with Crippen molar-refractivity contribution in [2.24, 2.45) is 0 Å².